The molecule has 1 aliphatic rings. The van der Waals surface area contributed by atoms with Crippen LogP contribution in [-0.2, 0) is 9.84 Å². The summed E-state index contributed by atoms with van der Waals surface area (Å²) in [5.41, 5.74) is 0. The molecule has 7 heteroatoms. The van der Waals surface area contributed by atoms with E-state index in [1.807, 2.05) is 17.9 Å². The maximum Gasteiger partial charge on any atom is 0.186 e. The predicted octanol–water partition coefficient (Wildman–Crippen LogP) is 1.81. The van der Waals surface area contributed by atoms with Gasteiger partial charge in [-0.15, -0.1) is 11.3 Å². The summed E-state index contributed by atoms with van der Waals surface area (Å²) >= 11 is 4.73. The topological polar surface area (TPSA) is 54.5 Å². The summed E-state index contributed by atoms with van der Waals surface area (Å²) in [6.07, 6.45) is 0. The molecule has 0 radical (unpaired) electrons. The Morgan fingerprint density at radius 2 is 2.28 bits per heavy atom. The molecule has 18 heavy (non-hydrogen) atoms. The smallest absolute Gasteiger partial charge is 0.186 e. The van der Waals surface area contributed by atoms with Crippen molar-refractivity contribution in [3.05, 3.63) is 20.8 Å². The van der Waals surface area contributed by atoms with Crippen molar-refractivity contribution in [2.75, 3.05) is 24.6 Å². The molecule has 2 rings (SSSR count). The second-order valence-corrected chi connectivity index (χ2v) is 9.15. The lowest BCUT2D eigenvalue weighted by Gasteiger charge is -2.32. The molecule has 0 aromatic carbocycles. The van der Waals surface area contributed by atoms with Crippen LogP contribution in [0, 0.1) is 0 Å². The Bertz CT molecular complexity index is 552. The van der Waals surface area contributed by atoms with Gasteiger partial charge in [-0.05, 0) is 35.0 Å². The van der Waals surface area contributed by atoms with Crippen molar-refractivity contribution in [1.29, 1.82) is 0 Å². The molecule has 1 aromatic heterocycles. The number of ketones is 1. The molecule has 2 heterocycles. The van der Waals surface area contributed by atoms with Crippen LogP contribution in [0.1, 0.15) is 16.6 Å². The lowest BCUT2D eigenvalue weighted by molar-refractivity contribution is 0.0912. The first-order valence-electron chi connectivity index (χ1n) is 5.60. The number of nitrogens with zero attached hydrogens (tertiary/aromatic N) is 1. The average molecular weight is 352 g/mol. The molecule has 4 nitrogen and oxygen atoms in total. The molecule has 1 atom stereocenters. The quantitative estimate of drug-likeness (QED) is 0.779. The Morgan fingerprint density at radius 3 is 2.83 bits per heavy atom. The van der Waals surface area contributed by atoms with Gasteiger partial charge in [-0.3, -0.25) is 9.69 Å². The Hall–Kier alpha value is -0.240. The van der Waals surface area contributed by atoms with Gasteiger partial charge in [0.2, 0.25) is 0 Å². The van der Waals surface area contributed by atoms with Crippen LogP contribution in [0.4, 0.5) is 0 Å². The highest BCUT2D eigenvalue weighted by Crippen LogP contribution is 2.23. The van der Waals surface area contributed by atoms with E-state index in [-0.39, 0.29) is 23.3 Å². The fourth-order valence-electron chi connectivity index (χ4n) is 1.99. The van der Waals surface area contributed by atoms with Crippen molar-refractivity contribution in [3.63, 3.8) is 0 Å². The van der Waals surface area contributed by atoms with E-state index >= 15 is 0 Å². The van der Waals surface area contributed by atoms with E-state index in [1.165, 1.54) is 11.3 Å². The minimum Gasteiger partial charge on any atom is -0.292 e. The van der Waals surface area contributed by atoms with Crippen molar-refractivity contribution in [2.24, 2.45) is 0 Å². The Morgan fingerprint density at radius 1 is 1.56 bits per heavy atom. The Balaban J connectivity index is 2.00. The third kappa shape index (κ3) is 3.40. The highest BCUT2D eigenvalue weighted by Gasteiger charge is 2.29. The van der Waals surface area contributed by atoms with Gasteiger partial charge in [0.05, 0.1) is 26.7 Å². The molecule has 0 bridgehead atoms. The molecule has 0 aliphatic carbocycles. The predicted molar refractivity (Wildman–Crippen MR) is 76.0 cm³/mol. The minimum atomic E-state index is -2.92. The SMILES string of the molecule is CC1CS(=O)(=O)CCN1CC(=O)c1ccc(Br)s1. The molecule has 1 aliphatic heterocycles. The average Bonchev–Trinajstić information content (AvgIpc) is 2.68. The molecule has 100 valence electrons. The number of halogens is 1. The summed E-state index contributed by atoms with van der Waals surface area (Å²) < 4.78 is 23.8. The second kappa shape index (κ2) is 5.40. The molecule has 1 fully saturated rings. The third-order valence-corrected chi connectivity index (χ3v) is 6.46. The van der Waals surface area contributed by atoms with E-state index in [0.29, 0.717) is 18.0 Å². The molecule has 0 saturated carbocycles. The zero-order valence-corrected chi connectivity index (χ0v) is 13.1. The zero-order chi connectivity index (χ0) is 13.3. The Labute approximate surface area is 119 Å². The summed E-state index contributed by atoms with van der Waals surface area (Å²) in [6.45, 7) is 2.60. The summed E-state index contributed by atoms with van der Waals surface area (Å²) in [6, 6.07) is 3.56. The minimum absolute atomic E-state index is 0.0526. The maximum atomic E-state index is 12.0. The summed E-state index contributed by atoms with van der Waals surface area (Å²) in [4.78, 5) is 14.7. The number of thiophene rings is 1. The highest BCUT2D eigenvalue weighted by molar-refractivity contribution is 9.11. The molecular weight excluding hydrogens is 338 g/mol. The lowest BCUT2D eigenvalue weighted by Crippen LogP contribution is -2.48. The largest absolute Gasteiger partial charge is 0.292 e. The van der Waals surface area contributed by atoms with Crippen molar-refractivity contribution >= 4 is 42.9 Å². The van der Waals surface area contributed by atoms with Crippen molar-refractivity contribution in [3.8, 4) is 0 Å². The standard InChI is InChI=1S/C11H14BrNO3S2/c1-8-7-18(15,16)5-4-13(8)6-9(14)10-2-3-11(12)17-10/h2-3,8H,4-7H2,1H3. The van der Waals surface area contributed by atoms with Gasteiger partial charge in [0.25, 0.3) is 0 Å². The second-order valence-electron chi connectivity index (χ2n) is 4.46. The van der Waals surface area contributed by atoms with E-state index in [4.69, 9.17) is 0 Å². The van der Waals surface area contributed by atoms with Crippen molar-refractivity contribution in [1.82, 2.24) is 4.90 Å². The number of sulfone groups is 1. The normalized spacial score (nSPS) is 24.0. The molecule has 0 spiro atoms. The van der Waals surface area contributed by atoms with Gasteiger partial charge in [-0.1, -0.05) is 0 Å². The maximum absolute atomic E-state index is 12.0. The Kier molecular flexibility index (Phi) is 4.25. The van der Waals surface area contributed by atoms with Crippen LogP contribution < -0.4 is 0 Å². The number of carbonyl (C=O) groups excluding carboxylic acids is 1. The third-order valence-electron chi connectivity index (χ3n) is 3.00. The number of Topliss-reactive ketones (excluding diaryl/α,β-unsaturated/α-hetero) is 1. The lowest BCUT2D eigenvalue weighted by atomic mass is 10.2. The number of hydrogen-bond acceptors (Lipinski definition) is 5. The van der Waals surface area contributed by atoms with Crippen LogP contribution in [0.5, 0.6) is 0 Å². The molecule has 0 N–H and O–H groups in total. The van der Waals surface area contributed by atoms with Crippen LogP contribution >= 0.6 is 27.3 Å². The molecule has 0 amide bonds. The van der Waals surface area contributed by atoms with E-state index in [2.05, 4.69) is 15.9 Å². The summed E-state index contributed by atoms with van der Waals surface area (Å²) in [7, 11) is -2.92. The van der Waals surface area contributed by atoms with Gasteiger partial charge >= 0.3 is 0 Å². The molecular formula is C11H14BrNO3S2. The van der Waals surface area contributed by atoms with Gasteiger partial charge in [-0.2, -0.15) is 0 Å². The first-order valence-corrected chi connectivity index (χ1v) is 9.03. The fourth-order valence-corrected chi connectivity index (χ4v) is 4.94. The van der Waals surface area contributed by atoms with Crippen LogP contribution in [0.2, 0.25) is 0 Å². The summed E-state index contributed by atoms with van der Waals surface area (Å²) in [5, 5.41) is 0. The van der Waals surface area contributed by atoms with E-state index < -0.39 is 9.84 Å². The first-order chi connectivity index (χ1) is 8.37. The number of carbonyl (C=O) groups is 1. The fraction of sp³-hybridized carbons (Fsp3) is 0.545. The van der Waals surface area contributed by atoms with Crippen LogP contribution in [-0.4, -0.2) is 49.7 Å². The van der Waals surface area contributed by atoms with Gasteiger partial charge in [0.1, 0.15) is 0 Å². The van der Waals surface area contributed by atoms with Crippen molar-refractivity contribution in [2.45, 2.75) is 13.0 Å². The van der Waals surface area contributed by atoms with E-state index in [1.54, 1.807) is 6.07 Å². The zero-order valence-electron chi connectivity index (χ0n) is 9.93. The summed E-state index contributed by atoms with van der Waals surface area (Å²) in [5.74, 6) is 0.351. The van der Waals surface area contributed by atoms with Crippen molar-refractivity contribution < 1.29 is 13.2 Å². The number of rotatable bonds is 3. The number of hydrogen-bond donors (Lipinski definition) is 0. The van der Waals surface area contributed by atoms with E-state index in [0.717, 1.165) is 3.79 Å². The van der Waals surface area contributed by atoms with Gasteiger partial charge < -0.3 is 0 Å². The highest BCUT2D eigenvalue weighted by atomic mass is 79.9. The molecule has 1 saturated heterocycles. The first kappa shape index (κ1) is 14.2. The van der Waals surface area contributed by atoms with Crippen LogP contribution in [0.25, 0.3) is 0 Å². The van der Waals surface area contributed by atoms with Gasteiger partial charge in [0.15, 0.2) is 15.6 Å². The monoisotopic (exact) mass is 351 g/mol. The molecule has 1 unspecified atom stereocenters. The van der Waals surface area contributed by atoms with Gasteiger partial charge in [-0.25, -0.2) is 8.42 Å². The van der Waals surface area contributed by atoms with Crippen LogP contribution in [0.3, 0.4) is 0 Å². The van der Waals surface area contributed by atoms with Crippen LogP contribution in [0.15, 0.2) is 15.9 Å². The van der Waals surface area contributed by atoms with E-state index in [9.17, 15) is 13.2 Å². The molecule has 1 aromatic rings. The van der Waals surface area contributed by atoms with Gasteiger partial charge in [0, 0.05) is 12.6 Å².